The van der Waals surface area contributed by atoms with Gasteiger partial charge in [0.1, 0.15) is 17.2 Å². The van der Waals surface area contributed by atoms with Crippen LogP contribution in [0.3, 0.4) is 0 Å². The lowest BCUT2D eigenvalue weighted by Crippen LogP contribution is -2.41. The minimum absolute atomic E-state index is 0.0172. The van der Waals surface area contributed by atoms with Gasteiger partial charge in [-0.25, -0.2) is 9.18 Å². The van der Waals surface area contributed by atoms with Crippen molar-refractivity contribution in [1.29, 1.82) is 5.26 Å². The predicted molar refractivity (Wildman–Crippen MR) is 129 cm³/mol. The summed E-state index contributed by atoms with van der Waals surface area (Å²) in [5, 5.41) is 19.8. The number of nitrogens with zero attached hydrogens (tertiary/aromatic N) is 2. The van der Waals surface area contributed by atoms with Gasteiger partial charge >= 0.3 is 6.09 Å². The molecule has 0 unspecified atom stereocenters. The molecule has 2 aromatic rings. The van der Waals surface area contributed by atoms with E-state index in [4.69, 9.17) is 10.00 Å². The Morgan fingerprint density at radius 2 is 1.91 bits per heavy atom. The number of halogens is 2. The van der Waals surface area contributed by atoms with E-state index in [1.807, 2.05) is 32.9 Å². The highest BCUT2D eigenvalue weighted by Gasteiger charge is 2.29. The molecule has 2 aromatic carbocycles. The molecule has 0 radical (unpaired) electrons. The number of hydrogen-bond acceptors (Lipinski definition) is 5. The van der Waals surface area contributed by atoms with Crippen molar-refractivity contribution in [1.82, 2.24) is 4.90 Å². The summed E-state index contributed by atoms with van der Waals surface area (Å²) >= 11 is 3.49. The summed E-state index contributed by atoms with van der Waals surface area (Å²) in [5.74, 6) is -0.929. The summed E-state index contributed by atoms with van der Waals surface area (Å²) in [6, 6.07) is 9.25. The van der Waals surface area contributed by atoms with E-state index in [0.29, 0.717) is 31.5 Å². The van der Waals surface area contributed by atoms with Crippen LogP contribution in [0.1, 0.15) is 73.0 Å². The SMILES string of the molecule is CC(C)(C)OC(=O)N1CCC(c2cc(Br)cc(CCC(=O)c3ccc(C#N)cc3F)c2O)CC1. The van der Waals surface area contributed by atoms with E-state index in [1.165, 1.54) is 12.1 Å². The molecular formula is C26H28BrFN2O4. The van der Waals surface area contributed by atoms with Crippen molar-refractivity contribution in [3.05, 3.63) is 62.9 Å². The summed E-state index contributed by atoms with van der Waals surface area (Å²) in [7, 11) is 0. The molecule has 1 fully saturated rings. The number of phenols is 1. The van der Waals surface area contributed by atoms with E-state index in [0.717, 1.165) is 16.1 Å². The second kappa shape index (κ2) is 10.6. The molecule has 0 aromatic heterocycles. The number of carbonyl (C=O) groups is 2. The van der Waals surface area contributed by atoms with Gasteiger partial charge in [-0.15, -0.1) is 0 Å². The quantitative estimate of drug-likeness (QED) is 0.472. The average Bonchev–Trinajstić information content (AvgIpc) is 2.78. The number of carbonyl (C=O) groups excluding carboxylic acids is 2. The van der Waals surface area contributed by atoms with Crippen molar-refractivity contribution < 1.29 is 23.8 Å². The standard InChI is InChI=1S/C26H28BrFN2O4/c1-26(2,3)34-25(33)30-10-8-17(9-11-30)21-14-19(27)13-18(24(21)32)5-7-23(31)20-6-4-16(15-29)12-22(20)28/h4,6,12-14,17,32H,5,7-11H2,1-3H3. The zero-order valence-electron chi connectivity index (χ0n) is 19.5. The first-order valence-corrected chi connectivity index (χ1v) is 12.0. The lowest BCUT2D eigenvalue weighted by molar-refractivity contribution is 0.0204. The summed E-state index contributed by atoms with van der Waals surface area (Å²) in [6.45, 7) is 6.55. The molecule has 8 heteroatoms. The molecule has 0 aliphatic carbocycles. The second-order valence-corrected chi connectivity index (χ2v) is 10.4. The van der Waals surface area contributed by atoms with Gasteiger partial charge in [-0.2, -0.15) is 5.26 Å². The number of ether oxygens (including phenoxy) is 1. The second-order valence-electron chi connectivity index (χ2n) is 9.47. The number of ketones is 1. The zero-order chi connectivity index (χ0) is 25.0. The predicted octanol–water partition coefficient (Wildman–Crippen LogP) is 6.10. The van der Waals surface area contributed by atoms with Gasteiger partial charge in [0.05, 0.1) is 17.2 Å². The molecule has 6 nitrogen and oxygen atoms in total. The van der Waals surface area contributed by atoms with Crippen LogP contribution in [0.4, 0.5) is 9.18 Å². The number of hydrogen-bond donors (Lipinski definition) is 1. The number of aryl methyl sites for hydroxylation is 1. The molecule has 1 saturated heterocycles. The Labute approximate surface area is 207 Å². The number of rotatable bonds is 5. The molecule has 0 atom stereocenters. The van der Waals surface area contributed by atoms with Crippen molar-refractivity contribution in [3.8, 4) is 11.8 Å². The first-order valence-electron chi connectivity index (χ1n) is 11.2. The topological polar surface area (TPSA) is 90.6 Å². The van der Waals surface area contributed by atoms with Gasteiger partial charge in [0.25, 0.3) is 0 Å². The molecule has 0 spiro atoms. The number of likely N-dealkylation sites (tertiary alicyclic amines) is 1. The molecule has 0 saturated carbocycles. The maximum atomic E-state index is 14.2. The van der Waals surface area contributed by atoms with Gasteiger partial charge in [-0.3, -0.25) is 4.79 Å². The monoisotopic (exact) mass is 530 g/mol. The molecule has 3 rings (SSSR count). The van der Waals surface area contributed by atoms with E-state index in [-0.39, 0.29) is 41.7 Å². The number of phenolic OH excluding ortho intramolecular Hbond substituents is 1. The van der Waals surface area contributed by atoms with Gasteiger partial charge in [-0.1, -0.05) is 15.9 Å². The summed E-state index contributed by atoms with van der Waals surface area (Å²) in [6.07, 6.45) is 1.28. The van der Waals surface area contributed by atoms with Gasteiger partial charge in [-0.05, 0) is 87.4 Å². The highest BCUT2D eigenvalue weighted by molar-refractivity contribution is 9.10. The molecule has 0 bridgehead atoms. The Morgan fingerprint density at radius 1 is 1.24 bits per heavy atom. The largest absolute Gasteiger partial charge is 0.507 e. The molecule has 1 amide bonds. The van der Waals surface area contributed by atoms with Crippen LogP contribution >= 0.6 is 15.9 Å². The Bertz CT molecular complexity index is 1130. The summed E-state index contributed by atoms with van der Waals surface area (Å²) < 4.78 is 20.4. The van der Waals surface area contributed by atoms with Crippen molar-refractivity contribution >= 4 is 27.8 Å². The lowest BCUT2D eigenvalue weighted by Gasteiger charge is -2.34. The van der Waals surface area contributed by atoms with Gasteiger partial charge in [0, 0.05) is 24.0 Å². The zero-order valence-corrected chi connectivity index (χ0v) is 21.1. The molecular weight excluding hydrogens is 503 g/mol. The maximum Gasteiger partial charge on any atom is 0.410 e. The van der Waals surface area contributed by atoms with E-state index < -0.39 is 17.2 Å². The van der Waals surface area contributed by atoms with E-state index in [2.05, 4.69) is 15.9 Å². The highest BCUT2D eigenvalue weighted by atomic mass is 79.9. The Kier molecular flexibility index (Phi) is 7.98. The van der Waals surface area contributed by atoms with E-state index >= 15 is 0 Å². The van der Waals surface area contributed by atoms with Crippen LogP contribution < -0.4 is 0 Å². The van der Waals surface area contributed by atoms with Crippen molar-refractivity contribution in [2.45, 2.75) is 58.0 Å². The Morgan fingerprint density at radius 3 is 2.50 bits per heavy atom. The average molecular weight is 531 g/mol. The van der Waals surface area contributed by atoms with Gasteiger partial charge < -0.3 is 14.7 Å². The van der Waals surface area contributed by atoms with Crippen LogP contribution in [0.25, 0.3) is 0 Å². The van der Waals surface area contributed by atoms with Gasteiger partial charge in [0.15, 0.2) is 5.78 Å². The third-order valence-corrected chi connectivity index (χ3v) is 6.25. The molecule has 1 N–H and O–H groups in total. The van der Waals surface area contributed by atoms with Crippen LogP contribution in [0.5, 0.6) is 5.75 Å². The fourth-order valence-corrected chi connectivity index (χ4v) is 4.60. The fourth-order valence-electron chi connectivity index (χ4n) is 4.07. The Balaban J connectivity index is 1.68. The summed E-state index contributed by atoms with van der Waals surface area (Å²) in [5.41, 5.74) is 0.902. The number of aromatic hydroxyl groups is 1. The molecule has 1 aliphatic rings. The maximum absolute atomic E-state index is 14.2. The molecule has 1 aliphatic heterocycles. The van der Waals surface area contributed by atoms with Crippen LogP contribution in [0.15, 0.2) is 34.8 Å². The van der Waals surface area contributed by atoms with Crippen LogP contribution in [-0.2, 0) is 11.2 Å². The van der Waals surface area contributed by atoms with Crippen LogP contribution in [0, 0.1) is 17.1 Å². The number of benzene rings is 2. The van der Waals surface area contributed by atoms with Crippen LogP contribution in [-0.4, -0.2) is 40.6 Å². The Hall–Kier alpha value is -2.92. The molecule has 180 valence electrons. The number of piperidine rings is 1. The number of amides is 1. The number of nitriles is 1. The summed E-state index contributed by atoms with van der Waals surface area (Å²) in [4.78, 5) is 26.6. The third kappa shape index (κ3) is 6.35. The van der Waals surface area contributed by atoms with E-state index in [9.17, 15) is 19.1 Å². The number of Topliss-reactive ketones (excluding diaryl/α,β-unsaturated/α-hetero) is 1. The molecule has 34 heavy (non-hydrogen) atoms. The van der Waals surface area contributed by atoms with Gasteiger partial charge in [0.2, 0.25) is 0 Å². The minimum atomic E-state index is -0.722. The van der Waals surface area contributed by atoms with Crippen molar-refractivity contribution in [3.63, 3.8) is 0 Å². The lowest BCUT2D eigenvalue weighted by atomic mass is 9.87. The first-order chi connectivity index (χ1) is 16.0. The van der Waals surface area contributed by atoms with E-state index in [1.54, 1.807) is 11.0 Å². The fraction of sp³-hybridized carbons (Fsp3) is 0.423. The first kappa shape index (κ1) is 25.7. The normalized spacial score (nSPS) is 14.5. The van der Waals surface area contributed by atoms with Crippen LogP contribution in [0.2, 0.25) is 0 Å². The minimum Gasteiger partial charge on any atom is -0.507 e. The smallest absolute Gasteiger partial charge is 0.410 e. The third-order valence-electron chi connectivity index (χ3n) is 5.79. The molecule has 1 heterocycles. The van der Waals surface area contributed by atoms with Crippen molar-refractivity contribution in [2.24, 2.45) is 0 Å². The van der Waals surface area contributed by atoms with Crippen molar-refractivity contribution in [2.75, 3.05) is 13.1 Å². The highest BCUT2D eigenvalue weighted by Crippen LogP contribution is 2.38.